The van der Waals surface area contributed by atoms with E-state index in [9.17, 15) is 4.79 Å². The van der Waals surface area contributed by atoms with Gasteiger partial charge in [-0.25, -0.2) is 4.79 Å². The average Bonchev–Trinajstić information content (AvgIpc) is 3.27. The van der Waals surface area contributed by atoms with Gasteiger partial charge < -0.3 is 15.0 Å². The molecule has 0 heterocycles. The van der Waals surface area contributed by atoms with Crippen LogP contribution in [0.4, 0.5) is 4.79 Å². The molecule has 1 N–H and O–H groups in total. The molecule has 1 aromatic carbocycles. The second-order valence-electron chi connectivity index (χ2n) is 7.03. The highest BCUT2D eigenvalue weighted by Crippen LogP contribution is 2.28. The molecule has 0 aromatic heterocycles. The van der Waals surface area contributed by atoms with E-state index in [4.69, 9.17) is 4.74 Å². The fourth-order valence-electron chi connectivity index (χ4n) is 2.37. The smallest absolute Gasteiger partial charge is 0.410 e. The van der Waals surface area contributed by atoms with Crippen LogP contribution in [0.2, 0.25) is 0 Å². The van der Waals surface area contributed by atoms with E-state index in [1.165, 1.54) is 5.56 Å². The third-order valence-corrected chi connectivity index (χ3v) is 4.42. The SMILES string of the molecule is CC(C)(C)OC(=O)N(CCCNCc1ccccc1Br)C1CC1. The van der Waals surface area contributed by atoms with Crippen LogP contribution in [0.3, 0.4) is 0 Å². The van der Waals surface area contributed by atoms with Crippen molar-refractivity contribution in [2.45, 2.75) is 58.2 Å². The van der Waals surface area contributed by atoms with Gasteiger partial charge in [0.25, 0.3) is 0 Å². The Hall–Kier alpha value is -1.07. The first-order valence-corrected chi connectivity index (χ1v) is 9.10. The summed E-state index contributed by atoms with van der Waals surface area (Å²) in [6.45, 7) is 8.20. The number of ether oxygens (including phenoxy) is 1. The lowest BCUT2D eigenvalue weighted by Crippen LogP contribution is -2.39. The molecule has 0 spiro atoms. The van der Waals surface area contributed by atoms with Crippen molar-refractivity contribution in [3.8, 4) is 0 Å². The summed E-state index contributed by atoms with van der Waals surface area (Å²) in [6.07, 6.45) is 2.96. The number of rotatable bonds is 7. The van der Waals surface area contributed by atoms with Gasteiger partial charge in [0.2, 0.25) is 0 Å². The van der Waals surface area contributed by atoms with E-state index < -0.39 is 5.60 Å². The van der Waals surface area contributed by atoms with Crippen molar-refractivity contribution in [3.05, 3.63) is 34.3 Å². The highest BCUT2D eigenvalue weighted by molar-refractivity contribution is 9.10. The molecule has 0 radical (unpaired) electrons. The first-order chi connectivity index (χ1) is 10.9. The van der Waals surface area contributed by atoms with Gasteiger partial charge >= 0.3 is 6.09 Å². The standard InChI is InChI=1S/C18H27BrN2O2/c1-18(2,3)23-17(22)21(15-9-10-15)12-6-11-20-13-14-7-4-5-8-16(14)19/h4-5,7-8,15,20H,6,9-13H2,1-3H3. The molecule has 1 amide bonds. The van der Waals surface area contributed by atoms with Crippen molar-refractivity contribution in [1.82, 2.24) is 10.2 Å². The lowest BCUT2D eigenvalue weighted by Gasteiger charge is -2.27. The largest absolute Gasteiger partial charge is 0.444 e. The Labute approximate surface area is 147 Å². The minimum atomic E-state index is -0.429. The number of benzene rings is 1. The molecule has 1 aromatic rings. The number of hydrogen-bond donors (Lipinski definition) is 1. The van der Waals surface area contributed by atoms with Crippen molar-refractivity contribution in [2.75, 3.05) is 13.1 Å². The zero-order chi connectivity index (χ0) is 16.9. The molecule has 128 valence electrons. The van der Waals surface area contributed by atoms with Gasteiger partial charge in [-0.2, -0.15) is 0 Å². The maximum Gasteiger partial charge on any atom is 0.410 e. The van der Waals surface area contributed by atoms with E-state index >= 15 is 0 Å². The highest BCUT2D eigenvalue weighted by Gasteiger charge is 2.34. The Morgan fingerprint density at radius 3 is 2.65 bits per heavy atom. The van der Waals surface area contributed by atoms with Gasteiger partial charge in [-0.3, -0.25) is 0 Å². The number of amides is 1. The van der Waals surface area contributed by atoms with E-state index in [-0.39, 0.29) is 6.09 Å². The van der Waals surface area contributed by atoms with E-state index in [0.29, 0.717) is 6.04 Å². The second-order valence-corrected chi connectivity index (χ2v) is 7.88. The van der Waals surface area contributed by atoms with Crippen LogP contribution in [0, 0.1) is 0 Å². The van der Waals surface area contributed by atoms with Crippen LogP contribution in [-0.4, -0.2) is 35.7 Å². The molecule has 4 nitrogen and oxygen atoms in total. The van der Waals surface area contributed by atoms with Crippen molar-refractivity contribution in [1.29, 1.82) is 0 Å². The average molecular weight is 383 g/mol. The summed E-state index contributed by atoms with van der Waals surface area (Å²) < 4.78 is 6.63. The van der Waals surface area contributed by atoms with Crippen LogP contribution >= 0.6 is 15.9 Å². The zero-order valence-electron chi connectivity index (χ0n) is 14.3. The molecule has 1 aliphatic carbocycles. The molecule has 1 fully saturated rings. The van der Waals surface area contributed by atoms with Gasteiger partial charge in [-0.05, 0) is 58.2 Å². The third kappa shape index (κ3) is 6.51. The summed E-state index contributed by atoms with van der Waals surface area (Å²) in [5.74, 6) is 0. The number of nitrogens with one attached hydrogen (secondary N) is 1. The monoisotopic (exact) mass is 382 g/mol. The fourth-order valence-corrected chi connectivity index (χ4v) is 2.79. The molecule has 0 unspecified atom stereocenters. The Kier molecular flexibility index (Phi) is 6.48. The highest BCUT2D eigenvalue weighted by atomic mass is 79.9. The first-order valence-electron chi connectivity index (χ1n) is 8.30. The molecule has 5 heteroatoms. The summed E-state index contributed by atoms with van der Waals surface area (Å²) >= 11 is 3.55. The molecule has 0 atom stereocenters. The Balaban J connectivity index is 1.71. The summed E-state index contributed by atoms with van der Waals surface area (Å²) in [5.41, 5.74) is 0.820. The number of carbonyl (C=O) groups is 1. The van der Waals surface area contributed by atoms with Crippen molar-refractivity contribution in [3.63, 3.8) is 0 Å². The van der Waals surface area contributed by atoms with Gasteiger partial charge in [0.05, 0.1) is 0 Å². The van der Waals surface area contributed by atoms with Crippen LogP contribution < -0.4 is 5.32 Å². The predicted octanol–water partition coefficient (Wildman–Crippen LogP) is 4.33. The van der Waals surface area contributed by atoms with Crippen LogP contribution in [0.15, 0.2) is 28.7 Å². The fraction of sp³-hybridized carbons (Fsp3) is 0.611. The summed E-state index contributed by atoms with van der Waals surface area (Å²) in [7, 11) is 0. The minimum absolute atomic E-state index is 0.175. The minimum Gasteiger partial charge on any atom is -0.444 e. The van der Waals surface area contributed by atoms with Gasteiger partial charge in [-0.15, -0.1) is 0 Å². The van der Waals surface area contributed by atoms with E-state index in [2.05, 4.69) is 27.3 Å². The van der Waals surface area contributed by atoms with Crippen molar-refractivity contribution >= 4 is 22.0 Å². The van der Waals surface area contributed by atoms with Crippen LogP contribution in [0.25, 0.3) is 0 Å². The molecule has 1 aliphatic rings. The van der Waals surface area contributed by atoms with Gasteiger partial charge in [0, 0.05) is 23.6 Å². The Bertz CT molecular complexity index is 524. The van der Waals surface area contributed by atoms with E-state index in [1.807, 2.05) is 43.9 Å². The van der Waals surface area contributed by atoms with Crippen molar-refractivity contribution in [2.24, 2.45) is 0 Å². The molecule has 0 bridgehead atoms. The summed E-state index contributed by atoms with van der Waals surface area (Å²) in [5, 5.41) is 3.44. The van der Waals surface area contributed by atoms with Crippen molar-refractivity contribution < 1.29 is 9.53 Å². The van der Waals surface area contributed by atoms with E-state index in [1.54, 1.807) is 0 Å². The van der Waals surface area contributed by atoms with Crippen LogP contribution in [0.1, 0.15) is 45.6 Å². The molecule has 0 saturated heterocycles. The normalized spacial score (nSPS) is 14.6. The van der Waals surface area contributed by atoms with Crippen LogP contribution in [-0.2, 0) is 11.3 Å². The predicted molar refractivity (Wildman–Crippen MR) is 96.4 cm³/mol. The number of carbonyl (C=O) groups excluding carboxylic acids is 1. The molecule has 0 aliphatic heterocycles. The summed E-state index contributed by atoms with van der Waals surface area (Å²) in [6, 6.07) is 8.59. The van der Waals surface area contributed by atoms with Gasteiger partial charge in [0.1, 0.15) is 5.60 Å². The summed E-state index contributed by atoms with van der Waals surface area (Å²) in [4.78, 5) is 14.1. The van der Waals surface area contributed by atoms with Crippen LogP contribution in [0.5, 0.6) is 0 Å². The quantitative estimate of drug-likeness (QED) is 0.713. The molecule has 2 rings (SSSR count). The second kappa shape index (κ2) is 8.15. The number of hydrogen-bond acceptors (Lipinski definition) is 3. The molecule has 1 saturated carbocycles. The Morgan fingerprint density at radius 1 is 1.35 bits per heavy atom. The van der Waals surface area contributed by atoms with Gasteiger partial charge in [-0.1, -0.05) is 34.1 Å². The lowest BCUT2D eigenvalue weighted by molar-refractivity contribution is 0.0232. The molecular formula is C18H27BrN2O2. The van der Waals surface area contributed by atoms with E-state index in [0.717, 1.165) is 43.4 Å². The third-order valence-electron chi connectivity index (χ3n) is 3.64. The maximum absolute atomic E-state index is 12.2. The zero-order valence-corrected chi connectivity index (χ0v) is 15.9. The molecule has 23 heavy (non-hydrogen) atoms. The van der Waals surface area contributed by atoms with Gasteiger partial charge in [0.15, 0.2) is 0 Å². The Morgan fingerprint density at radius 2 is 2.04 bits per heavy atom. The molecular weight excluding hydrogens is 356 g/mol. The topological polar surface area (TPSA) is 41.6 Å². The first kappa shape index (κ1) is 18.3. The maximum atomic E-state index is 12.2. The number of halogens is 1. The lowest BCUT2D eigenvalue weighted by atomic mass is 10.2. The number of nitrogens with zero attached hydrogens (tertiary/aromatic N) is 1.